The van der Waals surface area contributed by atoms with Gasteiger partial charge in [0.25, 0.3) is 0 Å². The third-order valence-corrected chi connectivity index (χ3v) is 3.83. The number of likely N-dealkylation sites (tertiary alicyclic amines) is 1. The van der Waals surface area contributed by atoms with Crippen LogP contribution in [0.2, 0.25) is 0 Å². The molecular formula is C15H30N2O3. The zero-order valence-electron chi connectivity index (χ0n) is 13.1. The van der Waals surface area contributed by atoms with Crippen molar-refractivity contribution in [3.05, 3.63) is 0 Å². The van der Waals surface area contributed by atoms with Gasteiger partial charge in [0.2, 0.25) is 0 Å². The van der Waals surface area contributed by atoms with Gasteiger partial charge < -0.3 is 20.1 Å². The molecule has 1 fully saturated rings. The molecule has 0 saturated carbocycles. The van der Waals surface area contributed by atoms with Crippen LogP contribution in [-0.4, -0.2) is 54.5 Å². The van der Waals surface area contributed by atoms with Gasteiger partial charge in [0.15, 0.2) is 0 Å². The minimum Gasteiger partial charge on any atom is -0.450 e. The zero-order valence-corrected chi connectivity index (χ0v) is 13.1. The van der Waals surface area contributed by atoms with Gasteiger partial charge in [-0.15, -0.1) is 0 Å². The van der Waals surface area contributed by atoms with E-state index in [-0.39, 0.29) is 18.2 Å². The minimum atomic E-state index is -0.328. The number of carbonyl (C=O) groups is 1. The van der Waals surface area contributed by atoms with Crippen LogP contribution in [0.15, 0.2) is 0 Å². The summed E-state index contributed by atoms with van der Waals surface area (Å²) in [7, 11) is 0. The summed E-state index contributed by atoms with van der Waals surface area (Å²) in [5, 5.41) is 12.8. The Balaban J connectivity index is 2.53. The van der Waals surface area contributed by atoms with Crippen LogP contribution in [0.1, 0.15) is 46.5 Å². The van der Waals surface area contributed by atoms with Crippen LogP contribution in [0, 0.1) is 5.92 Å². The number of nitrogens with zero attached hydrogens (tertiary/aromatic N) is 1. The van der Waals surface area contributed by atoms with E-state index in [2.05, 4.69) is 17.1 Å². The molecule has 20 heavy (non-hydrogen) atoms. The molecule has 5 nitrogen and oxygen atoms in total. The Kier molecular flexibility index (Phi) is 7.92. The highest BCUT2D eigenvalue weighted by Gasteiger charge is 2.29. The summed E-state index contributed by atoms with van der Waals surface area (Å²) in [6.45, 7) is 9.32. The Labute approximate surface area is 122 Å². The maximum absolute atomic E-state index is 11.6. The molecule has 1 aliphatic heterocycles. The summed E-state index contributed by atoms with van der Waals surface area (Å²) in [5.74, 6) is 0.442. The molecule has 0 aliphatic carbocycles. The SMILES string of the molecule is CCCN1CC(CC(O)CC)CC(NC(=O)OCC)C1. The molecule has 2 N–H and O–H groups in total. The predicted molar refractivity (Wildman–Crippen MR) is 79.7 cm³/mol. The first-order chi connectivity index (χ1) is 9.58. The number of ether oxygens (including phenoxy) is 1. The molecule has 5 heteroatoms. The Hall–Kier alpha value is -0.810. The number of nitrogens with one attached hydrogen (secondary N) is 1. The highest BCUT2D eigenvalue weighted by molar-refractivity contribution is 5.67. The van der Waals surface area contributed by atoms with Crippen molar-refractivity contribution < 1.29 is 14.6 Å². The molecular weight excluding hydrogens is 256 g/mol. The monoisotopic (exact) mass is 286 g/mol. The van der Waals surface area contributed by atoms with Gasteiger partial charge in [-0.3, -0.25) is 0 Å². The highest BCUT2D eigenvalue weighted by atomic mass is 16.5. The van der Waals surface area contributed by atoms with E-state index in [1.807, 2.05) is 13.8 Å². The number of aliphatic hydroxyl groups excluding tert-OH is 1. The van der Waals surface area contributed by atoms with Gasteiger partial charge in [-0.2, -0.15) is 0 Å². The second-order valence-corrected chi connectivity index (χ2v) is 5.72. The smallest absolute Gasteiger partial charge is 0.407 e. The van der Waals surface area contributed by atoms with E-state index in [1.54, 1.807) is 0 Å². The third kappa shape index (κ3) is 6.09. The lowest BCUT2D eigenvalue weighted by Crippen LogP contribution is -2.51. The van der Waals surface area contributed by atoms with Crippen LogP contribution < -0.4 is 5.32 Å². The molecule has 1 saturated heterocycles. The molecule has 1 heterocycles. The predicted octanol–water partition coefficient (Wildman–Crippen LogP) is 1.99. The number of hydrogen-bond donors (Lipinski definition) is 2. The molecule has 0 aromatic heterocycles. The molecule has 0 bridgehead atoms. The molecule has 1 aliphatic rings. The summed E-state index contributed by atoms with van der Waals surface area (Å²) in [5.41, 5.74) is 0. The van der Waals surface area contributed by atoms with Gasteiger partial charge in [-0.05, 0) is 45.1 Å². The van der Waals surface area contributed by atoms with Gasteiger partial charge in [-0.1, -0.05) is 13.8 Å². The van der Waals surface area contributed by atoms with E-state index < -0.39 is 0 Å². The van der Waals surface area contributed by atoms with E-state index >= 15 is 0 Å². The standard InChI is InChI=1S/C15H30N2O3/c1-4-7-17-10-12(9-14(18)5-2)8-13(11-17)16-15(19)20-6-3/h12-14,18H,4-11H2,1-3H3,(H,16,19). The molecule has 3 atom stereocenters. The van der Waals surface area contributed by atoms with Crippen LogP contribution in [0.5, 0.6) is 0 Å². The summed E-state index contributed by atoms with van der Waals surface area (Å²) in [6, 6.07) is 0.128. The van der Waals surface area contributed by atoms with Crippen molar-refractivity contribution in [3.63, 3.8) is 0 Å². The summed E-state index contributed by atoms with van der Waals surface area (Å²) < 4.78 is 4.96. The topological polar surface area (TPSA) is 61.8 Å². The average Bonchev–Trinajstić information content (AvgIpc) is 2.38. The molecule has 118 valence electrons. The number of piperidine rings is 1. The first-order valence-electron chi connectivity index (χ1n) is 7.92. The van der Waals surface area contributed by atoms with Gasteiger partial charge in [0, 0.05) is 19.1 Å². The van der Waals surface area contributed by atoms with E-state index in [1.165, 1.54) is 0 Å². The number of rotatable bonds is 7. The fourth-order valence-corrected chi connectivity index (χ4v) is 2.97. The van der Waals surface area contributed by atoms with Crippen LogP contribution in [0.4, 0.5) is 4.79 Å². The average molecular weight is 286 g/mol. The zero-order chi connectivity index (χ0) is 15.0. The van der Waals surface area contributed by atoms with E-state index in [0.29, 0.717) is 12.5 Å². The second-order valence-electron chi connectivity index (χ2n) is 5.72. The van der Waals surface area contributed by atoms with E-state index in [0.717, 1.165) is 45.3 Å². The Bertz CT molecular complexity index is 286. The van der Waals surface area contributed by atoms with Crippen molar-refractivity contribution in [1.29, 1.82) is 0 Å². The molecule has 0 aromatic rings. The van der Waals surface area contributed by atoms with Gasteiger partial charge in [0.05, 0.1) is 12.7 Å². The quantitative estimate of drug-likeness (QED) is 0.751. The molecule has 1 amide bonds. The lowest BCUT2D eigenvalue weighted by Gasteiger charge is -2.38. The van der Waals surface area contributed by atoms with Crippen molar-refractivity contribution in [3.8, 4) is 0 Å². The maximum atomic E-state index is 11.6. The minimum absolute atomic E-state index is 0.128. The number of hydrogen-bond acceptors (Lipinski definition) is 4. The fraction of sp³-hybridized carbons (Fsp3) is 0.933. The normalized spacial score (nSPS) is 25.2. The van der Waals surface area contributed by atoms with Crippen molar-refractivity contribution in [1.82, 2.24) is 10.2 Å². The van der Waals surface area contributed by atoms with Gasteiger partial charge in [0.1, 0.15) is 0 Å². The summed E-state index contributed by atoms with van der Waals surface area (Å²) >= 11 is 0. The number of aliphatic hydroxyl groups is 1. The van der Waals surface area contributed by atoms with Crippen molar-refractivity contribution in [2.45, 2.75) is 58.6 Å². The first-order valence-corrected chi connectivity index (χ1v) is 7.92. The number of alkyl carbamates (subject to hydrolysis) is 1. The van der Waals surface area contributed by atoms with Gasteiger partial charge >= 0.3 is 6.09 Å². The van der Waals surface area contributed by atoms with Crippen LogP contribution >= 0.6 is 0 Å². The largest absolute Gasteiger partial charge is 0.450 e. The summed E-state index contributed by atoms with van der Waals surface area (Å²) in [4.78, 5) is 13.9. The first kappa shape index (κ1) is 17.2. The molecule has 1 rings (SSSR count). The molecule has 0 spiro atoms. The number of amides is 1. The second kappa shape index (κ2) is 9.19. The van der Waals surface area contributed by atoms with Crippen LogP contribution in [-0.2, 0) is 4.74 Å². The molecule has 0 aromatic carbocycles. The highest BCUT2D eigenvalue weighted by Crippen LogP contribution is 2.22. The van der Waals surface area contributed by atoms with Crippen molar-refractivity contribution in [2.75, 3.05) is 26.2 Å². The molecule has 0 radical (unpaired) electrons. The fourth-order valence-electron chi connectivity index (χ4n) is 2.97. The van der Waals surface area contributed by atoms with Crippen LogP contribution in [0.25, 0.3) is 0 Å². The molecule has 3 unspecified atom stereocenters. The lowest BCUT2D eigenvalue weighted by atomic mass is 9.89. The van der Waals surface area contributed by atoms with E-state index in [4.69, 9.17) is 4.74 Å². The van der Waals surface area contributed by atoms with Crippen molar-refractivity contribution >= 4 is 6.09 Å². The van der Waals surface area contributed by atoms with Crippen LogP contribution in [0.3, 0.4) is 0 Å². The summed E-state index contributed by atoms with van der Waals surface area (Å²) in [6.07, 6.45) is 3.08. The van der Waals surface area contributed by atoms with Gasteiger partial charge in [-0.25, -0.2) is 4.79 Å². The Morgan fingerprint density at radius 1 is 1.40 bits per heavy atom. The Morgan fingerprint density at radius 2 is 2.15 bits per heavy atom. The lowest BCUT2D eigenvalue weighted by molar-refractivity contribution is 0.0801. The van der Waals surface area contributed by atoms with Crippen molar-refractivity contribution in [2.24, 2.45) is 5.92 Å². The maximum Gasteiger partial charge on any atom is 0.407 e. The third-order valence-electron chi connectivity index (χ3n) is 3.83. The Morgan fingerprint density at radius 3 is 2.75 bits per heavy atom. The number of carbonyl (C=O) groups excluding carboxylic acids is 1. The van der Waals surface area contributed by atoms with E-state index in [9.17, 15) is 9.90 Å².